The highest BCUT2D eigenvalue weighted by Gasteiger charge is 2.30. The van der Waals surface area contributed by atoms with Crippen LogP contribution < -0.4 is 5.32 Å². The van der Waals surface area contributed by atoms with Crippen LogP contribution in [0.2, 0.25) is 0 Å². The Morgan fingerprint density at radius 3 is 3.05 bits per heavy atom. The monoisotopic (exact) mass is 298 g/mol. The predicted octanol–water partition coefficient (Wildman–Crippen LogP) is 4.09. The largest absolute Gasteiger partial charge is 0.383 e. The first-order valence-electron chi connectivity index (χ1n) is 7.96. The van der Waals surface area contributed by atoms with Crippen LogP contribution in [-0.4, -0.2) is 24.0 Å². The van der Waals surface area contributed by atoms with Crippen LogP contribution in [0.1, 0.15) is 35.4 Å². The number of anilines is 1. The van der Waals surface area contributed by atoms with Crippen LogP contribution in [0.4, 0.5) is 5.69 Å². The number of para-hydroxylation sites is 1. The van der Waals surface area contributed by atoms with Gasteiger partial charge in [-0.2, -0.15) is 0 Å². The molecule has 0 spiro atoms. The number of thiophene rings is 1. The van der Waals surface area contributed by atoms with Crippen molar-refractivity contribution in [3.63, 3.8) is 0 Å². The number of nitrogens with one attached hydrogen (secondary N) is 1. The molecule has 0 amide bonds. The van der Waals surface area contributed by atoms with Crippen molar-refractivity contribution in [2.75, 3.05) is 18.4 Å². The minimum absolute atomic E-state index is 0.563. The molecular weight excluding hydrogens is 276 g/mol. The number of benzene rings is 1. The minimum Gasteiger partial charge on any atom is -0.383 e. The first-order chi connectivity index (χ1) is 10.3. The molecule has 1 aromatic carbocycles. The zero-order valence-corrected chi connectivity index (χ0v) is 13.3. The summed E-state index contributed by atoms with van der Waals surface area (Å²) < 4.78 is 0. The third-order valence-electron chi connectivity index (χ3n) is 5.09. The molecule has 4 rings (SSSR count). The van der Waals surface area contributed by atoms with Gasteiger partial charge in [-0.05, 0) is 54.8 Å². The summed E-state index contributed by atoms with van der Waals surface area (Å²) in [5.74, 6) is 0. The van der Waals surface area contributed by atoms with Crippen LogP contribution >= 0.6 is 11.3 Å². The van der Waals surface area contributed by atoms with Gasteiger partial charge >= 0.3 is 0 Å². The molecule has 0 bridgehead atoms. The molecule has 2 aromatic rings. The lowest BCUT2D eigenvalue weighted by Gasteiger charge is -2.39. The maximum atomic E-state index is 3.67. The van der Waals surface area contributed by atoms with Gasteiger partial charge < -0.3 is 5.32 Å². The van der Waals surface area contributed by atoms with E-state index in [0.29, 0.717) is 12.1 Å². The zero-order valence-electron chi connectivity index (χ0n) is 12.5. The Hall–Kier alpha value is -1.32. The van der Waals surface area contributed by atoms with E-state index in [-0.39, 0.29) is 0 Å². The average Bonchev–Trinajstić information content (AvgIpc) is 2.89. The van der Waals surface area contributed by atoms with Gasteiger partial charge in [-0.3, -0.25) is 4.90 Å². The first-order valence-corrected chi connectivity index (χ1v) is 8.84. The van der Waals surface area contributed by atoms with Gasteiger partial charge in [0.1, 0.15) is 0 Å². The number of aryl methyl sites for hydroxylation is 1. The van der Waals surface area contributed by atoms with Crippen molar-refractivity contribution >= 4 is 17.0 Å². The number of hydrogen-bond donors (Lipinski definition) is 1. The summed E-state index contributed by atoms with van der Waals surface area (Å²) >= 11 is 1.93. The van der Waals surface area contributed by atoms with Crippen LogP contribution in [-0.2, 0) is 12.8 Å². The standard InChI is InChI=1S/C18H22N2S/c1-13-16-9-11-21-18(16)8-10-20(13)15-7-6-14-4-2-3-5-17(14)19-12-15/h2-5,9,11,13,15,19H,6-8,10,12H2,1H3. The Bertz CT molecular complexity index is 607. The van der Waals surface area contributed by atoms with Crippen molar-refractivity contribution in [1.82, 2.24) is 4.90 Å². The van der Waals surface area contributed by atoms with E-state index in [1.54, 1.807) is 10.4 Å². The van der Waals surface area contributed by atoms with Crippen molar-refractivity contribution in [2.24, 2.45) is 0 Å². The van der Waals surface area contributed by atoms with Crippen molar-refractivity contribution in [2.45, 2.75) is 38.3 Å². The van der Waals surface area contributed by atoms with Gasteiger partial charge in [0.25, 0.3) is 0 Å². The van der Waals surface area contributed by atoms with Gasteiger partial charge in [0.15, 0.2) is 0 Å². The zero-order chi connectivity index (χ0) is 14.2. The molecule has 3 heteroatoms. The van der Waals surface area contributed by atoms with Crippen LogP contribution in [0.25, 0.3) is 0 Å². The lowest BCUT2D eigenvalue weighted by molar-refractivity contribution is 0.135. The van der Waals surface area contributed by atoms with Crippen molar-refractivity contribution in [3.8, 4) is 0 Å². The minimum atomic E-state index is 0.563. The SMILES string of the molecule is CC1c2ccsc2CCN1C1CCc2ccccc2NC1. The fourth-order valence-corrected chi connectivity index (χ4v) is 4.84. The molecular formula is C18H22N2S. The maximum Gasteiger partial charge on any atom is 0.0373 e. The second-order valence-corrected chi connectivity index (χ2v) is 7.19. The van der Waals surface area contributed by atoms with Gasteiger partial charge in [-0.15, -0.1) is 11.3 Å². The third-order valence-corrected chi connectivity index (χ3v) is 6.08. The third kappa shape index (κ3) is 2.39. The summed E-state index contributed by atoms with van der Waals surface area (Å²) in [4.78, 5) is 4.32. The van der Waals surface area contributed by atoms with E-state index in [1.807, 2.05) is 11.3 Å². The summed E-state index contributed by atoms with van der Waals surface area (Å²) in [6.07, 6.45) is 3.67. The van der Waals surface area contributed by atoms with Crippen molar-refractivity contribution in [3.05, 3.63) is 51.7 Å². The lowest BCUT2D eigenvalue weighted by Crippen LogP contribution is -2.44. The van der Waals surface area contributed by atoms with Crippen LogP contribution in [0, 0.1) is 0 Å². The smallest absolute Gasteiger partial charge is 0.0373 e. The molecule has 3 heterocycles. The lowest BCUT2D eigenvalue weighted by atomic mass is 9.97. The Kier molecular flexibility index (Phi) is 3.48. The number of hydrogen-bond acceptors (Lipinski definition) is 3. The van der Waals surface area contributed by atoms with Gasteiger partial charge in [-0.25, -0.2) is 0 Å². The van der Waals surface area contributed by atoms with Gasteiger partial charge in [0.05, 0.1) is 0 Å². The van der Waals surface area contributed by atoms with E-state index >= 15 is 0 Å². The molecule has 0 aliphatic carbocycles. The summed E-state index contributed by atoms with van der Waals surface area (Å²) in [5, 5.41) is 5.93. The second kappa shape index (κ2) is 5.47. The van der Waals surface area contributed by atoms with Crippen molar-refractivity contribution < 1.29 is 0 Å². The highest BCUT2D eigenvalue weighted by Crippen LogP contribution is 2.35. The number of fused-ring (bicyclic) bond motifs is 2. The van der Waals surface area contributed by atoms with E-state index in [4.69, 9.17) is 0 Å². The fraction of sp³-hybridized carbons (Fsp3) is 0.444. The van der Waals surface area contributed by atoms with Gasteiger partial charge in [0.2, 0.25) is 0 Å². The molecule has 2 nitrogen and oxygen atoms in total. The van der Waals surface area contributed by atoms with Gasteiger partial charge in [0, 0.05) is 35.7 Å². The van der Waals surface area contributed by atoms with E-state index in [0.717, 1.165) is 6.54 Å². The average molecular weight is 298 g/mol. The fourth-order valence-electron chi connectivity index (χ4n) is 3.87. The Morgan fingerprint density at radius 2 is 2.10 bits per heavy atom. The molecule has 0 fully saturated rings. The molecule has 0 saturated heterocycles. The molecule has 0 radical (unpaired) electrons. The van der Waals surface area contributed by atoms with Crippen LogP contribution in [0.15, 0.2) is 35.7 Å². The highest BCUT2D eigenvalue weighted by atomic mass is 32.1. The van der Waals surface area contributed by atoms with Crippen LogP contribution in [0.5, 0.6) is 0 Å². The molecule has 110 valence electrons. The molecule has 2 atom stereocenters. The van der Waals surface area contributed by atoms with E-state index in [2.05, 4.69) is 52.9 Å². The van der Waals surface area contributed by atoms with E-state index in [9.17, 15) is 0 Å². The van der Waals surface area contributed by atoms with Crippen LogP contribution in [0.3, 0.4) is 0 Å². The summed E-state index contributed by atoms with van der Waals surface area (Å²) in [7, 11) is 0. The molecule has 2 unspecified atom stereocenters. The number of rotatable bonds is 1. The summed E-state index contributed by atoms with van der Waals surface area (Å²) in [6, 6.07) is 12.3. The molecule has 2 aliphatic heterocycles. The van der Waals surface area contributed by atoms with E-state index < -0.39 is 0 Å². The topological polar surface area (TPSA) is 15.3 Å². The Labute approximate surface area is 130 Å². The Morgan fingerprint density at radius 1 is 1.19 bits per heavy atom. The summed E-state index contributed by atoms with van der Waals surface area (Å²) in [5.41, 5.74) is 4.37. The molecule has 2 aliphatic rings. The Balaban J connectivity index is 1.54. The first kappa shape index (κ1) is 13.4. The van der Waals surface area contributed by atoms with Crippen molar-refractivity contribution in [1.29, 1.82) is 0 Å². The van der Waals surface area contributed by atoms with E-state index in [1.165, 1.54) is 37.1 Å². The molecule has 1 aromatic heterocycles. The van der Waals surface area contributed by atoms with Gasteiger partial charge in [-0.1, -0.05) is 18.2 Å². The molecule has 0 saturated carbocycles. The highest BCUT2D eigenvalue weighted by molar-refractivity contribution is 7.10. The maximum absolute atomic E-state index is 3.67. The second-order valence-electron chi connectivity index (χ2n) is 6.19. The number of nitrogens with zero attached hydrogens (tertiary/aromatic N) is 1. The normalized spacial score (nSPS) is 25.6. The molecule has 21 heavy (non-hydrogen) atoms. The quantitative estimate of drug-likeness (QED) is 0.853. The summed E-state index contributed by atoms with van der Waals surface area (Å²) in [6.45, 7) is 4.65. The predicted molar refractivity (Wildman–Crippen MR) is 90.2 cm³/mol. The molecule has 1 N–H and O–H groups in total.